The van der Waals surface area contributed by atoms with Gasteiger partial charge in [0.1, 0.15) is 5.60 Å². The van der Waals surface area contributed by atoms with Crippen LogP contribution in [-0.4, -0.2) is 33.5 Å². The van der Waals surface area contributed by atoms with Crippen molar-refractivity contribution in [3.05, 3.63) is 40.9 Å². The van der Waals surface area contributed by atoms with E-state index < -0.39 is 5.60 Å². The lowest BCUT2D eigenvalue weighted by atomic mass is 10.1. The lowest BCUT2D eigenvalue weighted by molar-refractivity contribution is 0.0962. The Morgan fingerprint density at radius 2 is 1.96 bits per heavy atom. The monoisotopic (exact) mass is 399 g/mol. The Morgan fingerprint density at radius 3 is 2.61 bits per heavy atom. The van der Waals surface area contributed by atoms with Gasteiger partial charge in [-0.15, -0.1) is 0 Å². The van der Waals surface area contributed by atoms with Gasteiger partial charge in [-0.1, -0.05) is 24.6 Å². The van der Waals surface area contributed by atoms with Gasteiger partial charge >= 0.3 is 0 Å². The number of amides is 1. The molecule has 0 aliphatic heterocycles. The van der Waals surface area contributed by atoms with Crippen LogP contribution >= 0.6 is 11.6 Å². The van der Waals surface area contributed by atoms with Crippen LogP contribution in [0.5, 0.6) is 5.88 Å². The van der Waals surface area contributed by atoms with Crippen LogP contribution in [0.3, 0.4) is 0 Å². The second-order valence-corrected chi connectivity index (χ2v) is 7.35. The fraction of sp³-hybridized carbons (Fsp3) is 0.300. The van der Waals surface area contributed by atoms with Crippen molar-refractivity contribution in [1.82, 2.24) is 20.3 Å². The van der Waals surface area contributed by atoms with Gasteiger partial charge in [0.25, 0.3) is 5.91 Å². The van der Waals surface area contributed by atoms with E-state index in [0.29, 0.717) is 33.2 Å². The summed E-state index contributed by atoms with van der Waals surface area (Å²) in [4.78, 5) is 25.0. The number of hydrogen-bond donors (Lipinski definition) is 2. The molecule has 28 heavy (non-hydrogen) atoms. The van der Waals surface area contributed by atoms with Crippen LogP contribution in [0.15, 0.2) is 30.3 Å². The van der Waals surface area contributed by atoms with Crippen LogP contribution < -0.4 is 15.8 Å². The molecule has 2 aromatic heterocycles. The third kappa shape index (κ3) is 3.99. The fourth-order valence-corrected chi connectivity index (χ4v) is 2.83. The van der Waals surface area contributed by atoms with Gasteiger partial charge in [0.05, 0.1) is 21.8 Å². The van der Waals surface area contributed by atoms with Crippen molar-refractivity contribution >= 4 is 34.5 Å². The molecule has 1 amide bonds. The van der Waals surface area contributed by atoms with E-state index in [-0.39, 0.29) is 11.9 Å². The number of hydrogen-bond acceptors (Lipinski definition) is 6. The number of nitrogens with zero attached hydrogens (tertiary/aromatic N) is 3. The zero-order chi connectivity index (χ0) is 20.5. The number of pyridine rings is 1. The van der Waals surface area contributed by atoms with Crippen LogP contribution in [-0.2, 0) is 0 Å². The second kappa shape index (κ2) is 7.59. The molecular weight excluding hydrogens is 378 g/mol. The number of carbonyl (C=O) groups is 1. The first-order valence-corrected chi connectivity index (χ1v) is 9.27. The maximum absolute atomic E-state index is 11.8. The van der Waals surface area contributed by atoms with Gasteiger partial charge in [0, 0.05) is 12.6 Å². The lowest BCUT2D eigenvalue weighted by Crippen LogP contribution is -2.27. The van der Waals surface area contributed by atoms with Gasteiger partial charge in [-0.05, 0) is 44.5 Å². The van der Waals surface area contributed by atoms with Crippen LogP contribution in [0, 0.1) is 0 Å². The smallest absolute Gasteiger partial charge is 0.252 e. The maximum atomic E-state index is 11.8. The van der Waals surface area contributed by atoms with Crippen molar-refractivity contribution in [3.8, 4) is 17.1 Å². The van der Waals surface area contributed by atoms with Crippen LogP contribution in [0.25, 0.3) is 22.3 Å². The predicted octanol–water partition coefficient (Wildman–Crippen LogP) is 3.85. The Hall–Kier alpha value is -2.93. The molecule has 0 aliphatic rings. The number of ether oxygens (including phenoxy) is 1. The van der Waals surface area contributed by atoms with E-state index >= 15 is 0 Å². The van der Waals surface area contributed by atoms with E-state index in [9.17, 15) is 4.79 Å². The zero-order valence-corrected chi connectivity index (χ0v) is 17.0. The average Bonchev–Trinajstić information content (AvgIpc) is 2.66. The van der Waals surface area contributed by atoms with Gasteiger partial charge in [0.15, 0.2) is 5.52 Å². The number of nitrogens with two attached hydrogens (primary N) is 1. The Balaban J connectivity index is 2.10. The summed E-state index contributed by atoms with van der Waals surface area (Å²) in [6, 6.07) is 8.78. The molecule has 3 aromatic rings. The summed E-state index contributed by atoms with van der Waals surface area (Å²) in [5.41, 5.74) is 8.32. The van der Waals surface area contributed by atoms with E-state index in [1.54, 1.807) is 25.2 Å². The number of aromatic nitrogens is 3. The minimum atomic E-state index is -0.427. The predicted molar refractivity (Wildman–Crippen MR) is 111 cm³/mol. The molecule has 0 saturated carbocycles. The molecule has 2 heterocycles. The third-order valence-electron chi connectivity index (χ3n) is 4.49. The number of benzene rings is 1. The van der Waals surface area contributed by atoms with Gasteiger partial charge in [-0.3, -0.25) is 4.79 Å². The van der Waals surface area contributed by atoms with E-state index in [2.05, 4.69) is 20.3 Å². The highest BCUT2D eigenvalue weighted by atomic mass is 35.5. The highest BCUT2D eigenvalue weighted by Gasteiger charge is 2.21. The normalized spacial score (nSPS) is 11.5. The molecule has 8 heteroatoms. The molecule has 7 nitrogen and oxygen atoms in total. The fourth-order valence-electron chi connectivity index (χ4n) is 2.56. The molecule has 0 saturated heterocycles. The van der Waals surface area contributed by atoms with E-state index in [4.69, 9.17) is 22.1 Å². The molecule has 0 atom stereocenters. The lowest BCUT2D eigenvalue weighted by Gasteiger charge is -2.24. The molecule has 3 rings (SSSR count). The molecule has 0 bridgehead atoms. The average molecular weight is 400 g/mol. The minimum Gasteiger partial charge on any atom is -0.470 e. The highest BCUT2D eigenvalue weighted by Crippen LogP contribution is 2.30. The van der Waals surface area contributed by atoms with Crippen LogP contribution in [0.4, 0.5) is 5.95 Å². The molecule has 0 aliphatic carbocycles. The Morgan fingerprint density at radius 1 is 1.21 bits per heavy atom. The number of rotatable bonds is 5. The summed E-state index contributed by atoms with van der Waals surface area (Å²) >= 11 is 6.27. The maximum Gasteiger partial charge on any atom is 0.252 e. The first-order chi connectivity index (χ1) is 13.2. The molecule has 0 radical (unpaired) electrons. The Bertz CT molecular complexity index is 1050. The van der Waals surface area contributed by atoms with Crippen molar-refractivity contribution in [1.29, 1.82) is 0 Å². The number of anilines is 1. The Labute approximate surface area is 168 Å². The highest BCUT2D eigenvalue weighted by molar-refractivity contribution is 6.34. The molecule has 3 N–H and O–H groups in total. The molecule has 0 spiro atoms. The summed E-state index contributed by atoms with van der Waals surface area (Å²) in [5.74, 6) is 0.218. The van der Waals surface area contributed by atoms with Gasteiger partial charge in [0.2, 0.25) is 11.8 Å². The van der Waals surface area contributed by atoms with Crippen LogP contribution in [0.1, 0.15) is 37.6 Å². The number of halogens is 1. The second-order valence-electron chi connectivity index (χ2n) is 6.94. The summed E-state index contributed by atoms with van der Waals surface area (Å²) in [6.45, 7) is 5.97. The molecule has 0 unspecified atom stereocenters. The summed E-state index contributed by atoms with van der Waals surface area (Å²) in [5, 5.41) is 2.90. The quantitative estimate of drug-likeness (QED) is 0.675. The largest absolute Gasteiger partial charge is 0.470 e. The zero-order valence-electron chi connectivity index (χ0n) is 16.2. The van der Waals surface area contributed by atoms with Crippen molar-refractivity contribution in [2.24, 2.45) is 0 Å². The van der Waals surface area contributed by atoms with Gasteiger partial charge in [-0.2, -0.15) is 4.98 Å². The van der Waals surface area contributed by atoms with E-state index in [0.717, 1.165) is 12.0 Å². The number of nitrogens with one attached hydrogen (secondary N) is 1. The van der Waals surface area contributed by atoms with Crippen molar-refractivity contribution in [2.45, 2.75) is 32.8 Å². The van der Waals surface area contributed by atoms with Crippen LogP contribution in [0.2, 0.25) is 5.02 Å². The topological polar surface area (TPSA) is 103 Å². The first kappa shape index (κ1) is 19.8. The minimum absolute atomic E-state index is 0.127. The summed E-state index contributed by atoms with van der Waals surface area (Å²) in [6.07, 6.45) is 0.786. The first-order valence-electron chi connectivity index (χ1n) is 8.89. The Kier molecular flexibility index (Phi) is 5.38. The third-order valence-corrected chi connectivity index (χ3v) is 4.80. The van der Waals surface area contributed by atoms with Crippen molar-refractivity contribution in [3.63, 3.8) is 0 Å². The van der Waals surface area contributed by atoms with Gasteiger partial charge in [-0.25, -0.2) is 9.97 Å². The summed E-state index contributed by atoms with van der Waals surface area (Å²) < 4.78 is 6.05. The standard InChI is InChI=1S/C20H22ClN5O2/c1-5-20(2,3)28-18-16-15(25-19(22)26-18)9-8-14(24-16)11-6-7-12(13(21)10-11)17(27)23-4/h6-10H,5H2,1-4H3,(H,23,27)(H2,22,25,26). The number of nitrogen functional groups attached to an aromatic ring is 1. The molecule has 0 fully saturated rings. The van der Waals surface area contributed by atoms with E-state index in [1.807, 2.05) is 32.9 Å². The molecule has 1 aromatic carbocycles. The number of carbonyl (C=O) groups excluding carboxylic acids is 1. The molecular formula is C20H22ClN5O2. The molecule has 146 valence electrons. The van der Waals surface area contributed by atoms with E-state index in [1.165, 1.54) is 0 Å². The van der Waals surface area contributed by atoms with Gasteiger partial charge < -0.3 is 15.8 Å². The summed E-state index contributed by atoms with van der Waals surface area (Å²) in [7, 11) is 1.56. The SMILES string of the molecule is CCC(C)(C)Oc1nc(N)nc2ccc(-c3ccc(C(=O)NC)c(Cl)c3)nc12. The van der Waals surface area contributed by atoms with Crippen molar-refractivity contribution in [2.75, 3.05) is 12.8 Å². The van der Waals surface area contributed by atoms with Crippen molar-refractivity contribution < 1.29 is 9.53 Å². The number of fused-ring (bicyclic) bond motifs is 1.